The van der Waals surface area contributed by atoms with Crippen LogP contribution in [-0.4, -0.2) is 25.0 Å². The first-order chi connectivity index (χ1) is 12.2. The Kier molecular flexibility index (Phi) is 5.33. The molecule has 3 amide bonds. The van der Waals surface area contributed by atoms with Crippen LogP contribution in [0.5, 0.6) is 0 Å². The Hall–Kier alpha value is -2.82. The van der Waals surface area contributed by atoms with Gasteiger partial charge in [0.25, 0.3) is 5.91 Å². The minimum Gasteiger partial charge on any atom is -0.352 e. The molecule has 1 heterocycles. The maximum absolute atomic E-state index is 12.6. The highest BCUT2D eigenvalue weighted by Crippen LogP contribution is 2.31. The summed E-state index contributed by atoms with van der Waals surface area (Å²) < 4.78 is 0. The average Bonchev–Trinajstić information content (AvgIpc) is 3.07. The van der Waals surface area contributed by atoms with Crippen LogP contribution in [0.25, 0.3) is 0 Å². The minimum absolute atomic E-state index is 0.0596. The molecule has 2 N–H and O–H groups in total. The molecule has 3 rings (SSSR count). The monoisotopic (exact) mass is 337 g/mol. The van der Waals surface area contributed by atoms with E-state index in [2.05, 4.69) is 17.6 Å². The molecule has 0 atom stereocenters. The fourth-order valence-electron chi connectivity index (χ4n) is 3.04. The fraction of sp³-hybridized carbons (Fsp3) is 0.300. The summed E-state index contributed by atoms with van der Waals surface area (Å²) in [7, 11) is 0. The Bertz CT molecular complexity index is 759. The van der Waals surface area contributed by atoms with Gasteiger partial charge in [-0.3, -0.25) is 9.69 Å². The molecule has 0 radical (unpaired) electrons. The molecule has 130 valence electrons. The van der Waals surface area contributed by atoms with Crippen LogP contribution >= 0.6 is 0 Å². The van der Waals surface area contributed by atoms with Gasteiger partial charge in [0.1, 0.15) is 0 Å². The molecular formula is C20H23N3O2. The van der Waals surface area contributed by atoms with Crippen molar-refractivity contribution >= 4 is 23.3 Å². The van der Waals surface area contributed by atoms with E-state index < -0.39 is 0 Å². The molecule has 5 nitrogen and oxygen atoms in total. The van der Waals surface area contributed by atoms with Gasteiger partial charge in [0.15, 0.2) is 0 Å². The number of benzene rings is 2. The number of nitrogens with zero attached hydrogens (tertiary/aromatic N) is 1. The molecular weight excluding hydrogens is 314 g/mol. The summed E-state index contributed by atoms with van der Waals surface area (Å²) in [5.41, 5.74) is 3.19. The molecule has 2 aromatic carbocycles. The van der Waals surface area contributed by atoms with Crippen molar-refractivity contribution in [2.75, 3.05) is 23.3 Å². The number of unbranched alkanes of at least 4 members (excludes halogenated alkanes) is 1. The average molecular weight is 337 g/mol. The number of para-hydroxylation sites is 1. The first-order valence-corrected chi connectivity index (χ1v) is 8.74. The summed E-state index contributed by atoms with van der Waals surface area (Å²) >= 11 is 0. The van der Waals surface area contributed by atoms with Crippen molar-refractivity contribution in [1.29, 1.82) is 0 Å². The summed E-state index contributed by atoms with van der Waals surface area (Å²) in [6.45, 7) is 3.35. The first-order valence-electron chi connectivity index (χ1n) is 8.74. The van der Waals surface area contributed by atoms with Gasteiger partial charge in [0.05, 0.1) is 0 Å². The van der Waals surface area contributed by atoms with Gasteiger partial charge >= 0.3 is 6.03 Å². The highest BCUT2D eigenvalue weighted by atomic mass is 16.2. The molecule has 25 heavy (non-hydrogen) atoms. The third kappa shape index (κ3) is 3.82. The summed E-state index contributed by atoms with van der Waals surface area (Å²) in [5.74, 6) is -0.0596. The van der Waals surface area contributed by atoms with Gasteiger partial charge in [-0.05, 0) is 42.7 Å². The third-order valence-corrected chi connectivity index (χ3v) is 4.36. The molecule has 0 fully saturated rings. The number of carbonyl (C=O) groups is 2. The van der Waals surface area contributed by atoms with Crippen molar-refractivity contribution in [3.63, 3.8) is 0 Å². The lowest BCUT2D eigenvalue weighted by Crippen LogP contribution is -2.33. The standard InChI is InChI=1S/C20H23N3O2/c1-2-3-13-21-19(24)17-10-7-11-18-16(17)12-14-23(18)20(25)22-15-8-5-4-6-9-15/h4-11H,2-3,12-14H2,1H3,(H,21,24)(H,22,25). The number of anilines is 2. The number of urea groups is 1. The van der Waals surface area contributed by atoms with Crippen LogP contribution in [0.3, 0.4) is 0 Å². The highest BCUT2D eigenvalue weighted by molar-refractivity contribution is 6.05. The van der Waals surface area contributed by atoms with Crippen molar-refractivity contribution in [2.45, 2.75) is 26.2 Å². The van der Waals surface area contributed by atoms with E-state index in [1.165, 1.54) is 0 Å². The number of hydrogen-bond donors (Lipinski definition) is 2. The largest absolute Gasteiger partial charge is 0.352 e. The number of hydrogen-bond acceptors (Lipinski definition) is 2. The van der Waals surface area contributed by atoms with Gasteiger partial charge in [0, 0.05) is 30.0 Å². The van der Waals surface area contributed by atoms with Crippen LogP contribution in [0.15, 0.2) is 48.5 Å². The van der Waals surface area contributed by atoms with Gasteiger partial charge < -0.3 is 10.6 Å². The normalized spacial score (nSPS) is 12.6. The van der Waals surface area contributed by atoms with Crippen molar-refractivity contribution in [2.24, 2.45) is 0 Å². The molecule has 0 saturated carbocycles. The van der Waals surface area contributed by atoms with Crippen molar-refractivity contribution in [1.82, 2.24) is 5.32 Å². The van der Waals surface area contributed by atoms with Crippen LogP contribution < -0.4 is 15.5 Å². The van der Waals surface area contributed by atoms with Crippen LogP contribution in [0.1, 0.15) is 35.7 Å². The topological polar surface area (TPSA) is 61.4 Å². The van der Waals surface area contributed by atoms with Crippen molar-refractivity contribution in [3.05, 3.63) is 59.7 Å². The lowest BCUT2D eigenvalue weighted by molar-refractivity contribution is 0.0952. The lowest BCUT2D eigenvalue weighted by atomic mass is 10.0. The Labute approximate surface area is 148 Å². The van der Waals surface area contributed by atoms with Gasteiger partial charge in [-0.2, -0.15) is 0 Å². The second kappa shape index (κ2) is 7.83. The number of rotatable bonds is 5. The molecule has 0 bridgehead atoms. The third-order valence-electron chi connectivity index (χ3n) is 4.36. The number of amides is 3. The zero-order valence-electron chi connectivity index (χ0n) is 14.4. The summed E-state index contributed by atoms with van der Waals surface area (Å²) in [4.78, 5) is 26.7. The Morgan fingerprint density at radius 3 is 2.64 bits per heavy atom. The fourth-order valence-corrected chi connectivity index (χ4v) is 3.04. The lowest BCUT2D eigenvalue weighted by Gasteiger charge is -2.18. The maximum atomic E-state index is 12.6. The van der Waals surface area contributed by atoms with Gasteiger partial charge in [-0.25, -0.2) is 4.79 Å². The zero-order chi connectivity index (χ0) is 17.6. The van der Waals surface area contributed by atoms with Crippen LogP contribution in [0, 0.1) is 0 Å². The van der Waals surface area contributed by atoms with Gasteiger partial charge in [-0.1, -0.05) is 37.6 Å². The van der Waals surface area contributed by atoms with E-state index in [4.69, 9.17) is 0 Å². The molecule has 2 aromatic rings. The Morgan fingerprint density at radius 2 is 1.88 bits per heavy atom. The second-order valence-corrected chi connectivity index (χ2v) is 6.11. The quantitative estimate of drug-likeness (QED) is 0.815. The number of fused-ring (bicyclic) bond motifs is 1. The van der Waals surface area contributed by atoms with Crippen LogP contribution in [-0.2, 0) is 6.42 Å². The highest BCUT2D eigenvalue weighted by Gasteiger charge is 2.28. The molecule has 1 aliphatic rings. The van der Waals surface area contributed by atoms with Gasteiger partial charge in [-0.15, -0.1) is 0 Å². The van der Waals surface area contributed by atoms with E-state index in [0.717, 1.165) is 29.8 Å². The SMILES string of the molecule is CCCCNC(=O)c1cccc2c1CCN2C(=O)Nc1ccccc1. The first kappa shape index (κ1) is 17.0. The van der Waals surface area contributed by atoms with E-state index in [-0.39, 0.29) is 11.9 Å². The van der Waals surface area contributed by atoms with E-state index in [0.29, 0.717) is 25.1 Å². The van der Waals surface area contributed by atoms with Crippen LogP contribution in [0.4, 0.5) is 16.2 Å². The molecule has 0 saturated heterocycles. The van der Waals surface area contributed by atoms with E-state index in [1.807, 2.05) is 48.5 Å². The predicted octanol–water partition coefficient (Wildman–Crippen LogP) is 3.81. The molecule has 0 aliphatic carbocycles. The summed E-state index contributed by atoms with van der Waals surface area (Å²) in [6.07, 6.45) is 2.70. The number of carbonyl (C=O) groups excluding carboxylic acids is 2. The molecule has 5 heteroatoms. The molecule has 1 aliphatic heterocycles. The predicted molar refractivity (Wildman–Crippen MR) is 100 cm³/mol. The summed E-state index contributed by atoms with van der Waals surface area (Å²) in [6, 6.07) is 14.8. The molecule has 0 unspecified atom stereocenters. The zero-order valence-corrected chi connectivity index (χ0v) is 14.4. The van der Waals surface area contributed by atoms with E-state index in [9.17, 15) is 9.59 Å². The van der Waals surface area contributed by atoms with Crippen molar-refractivity contribution < 1.29 is 9.59 Å². The van der Waals surface area contributed by atoms with Crippen LogP contribution in [0.2, 0.25) is 0 Å². The summed E-state index contributed by atoms with van der Waals surface area (Å²) in [5, 5.41) is 5.86. The molecule has 0 spiro atoms. The Balaban J connectivity index is 1.75. The minimum atomic E-state index is -0.173. The van der Waals surface area contributed by atoms with Crippen molar-refractivity contribution in [3.8, 4) is 0 Å². The molecule has 0 aromatic heterocycles. The maximum Gasteiger partial charge on any atom is 0.326 e. The Morgan fingerprint density at radius 1 is 1.08 bits per heavy atom. The smallest absolute Gasteiger partial charge is 0.326 e. The van der Waals surface area contributed by atoms with E-state index in [1.54, 1.807) is 4.90 Å². The number of nitrogens with one attached hydrogen (secondary N) is 2. The van der Waals surface area contributed by atoms with E-state index >= 15 is 0 Å². The second-order valence-electron chi connectivity index (χ2n) is 6.11. The van der Waals surface area contributed by atoms with Gasteiger partial charge in [0.2, 0.25) is 0 Å².